The maximum atomic E-state index is 5.74. The van der Waals surface area contributed by atoms with Gasteiger partial charge in [0.05, 0.1) is 12.2 Å². The fraction of sp³-hybridized carbons (Fsp3) is 1.00. The molecule has 1 fully saturated rings. The van der Waals surface area contributed by atoms with Gasteiger partial charge in [-0.1, -0.05) is 22.6 Å². The first-order valence-electron chi connectivity index (χ1n) is 4.48. The van der Waals surface area contributed by atoms with Gasteiger partial charge in [-0.2, -0.15) is 0 Å². The molecule has 1 nitrogen and oxygen atoms in total. The largest absolute Gasteiger partial charge is 0.376 e. The van der Waals surface area contributed by atoms with E-state index in [2.05, 4.69) is 36.4 Å². The van der Waals surface area contributed by atoms with Crippen LogP contribution in [0.15, 0.2) is 0 Å². The van der Waals surface area contributed by atoms with E-state index in [1.807, 2.05) is 0 Å². The summed E-state index contributed by atoms with van der Waals surface area (Å²) in [5.74, 6) is 0. The molecule has 0 saturated heterocycles. The molecule has 0 aliphatic heterocycles. The molecule has 0 aromatic carbocycles. The Labute approximate surface area is 83.0 Å². The van der Waals surface area contributed by atoms with E-state index in [0.717, 1.165) is 3.92 Å². The monoisotopic (exact) mass is 268 g/mol. The number of hydrogen-bond acceptors (Lipinski definition) is 1. The molecule has 1 aliphatic carbocycles. The van der Waals surface area contributed by atoms with E-state index in [9.17, 15) is 0 Å². The molecule has 0 bridgehead atoms. The lowest BCUT2D eigenvalue weighted by atomic mass is 9.97. The van der Waals surface area contributed by atoms with Crippen LogP contribution in [-0.2, 0) is 4.74 Å². The fourth-order valence-electron chi connectivity index (χ4n) is 1.54. The molecular weight excluding hydrogens is 251 g/mol. The minimum absolute atomic E-state index is 0.408. The first-order chi connectivity index (χ1) is 5.18. The van der Waals surface area contributed by atoms with Crippen molar-refractivity contribution in [2.24, 2.45) is 0 Å². The molecule has 11 heavy (non-hydrogen) atoms. The summed E-state index contributed by atoms with van der Waals surface area (Å²) in [6.45, 7) is 4.24. The fourth-order valence-corrected chi connectivity index (χ4v) is 2.26. The van der Waals surface area contributed by atoms with E-state index >= 15 is 0 Å². The number of alkyl halides is 1. The Balaban J connectivity index is 2.17. The number of rotatable bonds is 2. The quantitative estimate of drug-likeness (QED) is 0.552. The lowest BCUT2D eigenvalue weighted by Gasteiger charge is -2.26. The van der Waals surface area contributed by atoms with Gasteiger partial charge in [0.1, 0.15) is 0 Å². The minimum atomic E-state index is 0.408. The average molecular weight is 268 g/mol. The molecule has 0 amide bonds. The molecule has 0 aromatic heterocycles. The molecule has 0 aromatic rings. The highest BCUT2D eigenvalue weighted by atomic mass is 127. The molecule has 66 valence electrons. The van der Waals surface area contributed by atoms with E-state index < -0.39 is 0 Å². The van der Waals surface area contributed by atoms with Crippen LogP contribution < -0.4 is 0 Å². The smallest absolute Gasteiger partial charge is 0.0579 e. The third-order valence-corrected chi connectivity index (χ3v) is 3.31. The first kappa shape index (κ1) is 9.78. The van der Waals surface area contributed by atoms with Crippen molar-refractivity contribution in [3.8, 4) is 0 Å². The zero-order chi connectivity index (χ0) is 8.27. The van der Waals surface area contributed by atoms with Crippen molar-refractivity contribution < 1.29 is 4.74 Å². The SMILES string of the molecule is CC(C)OC1CCC(I)CC1. The van der Waals surface area contributed by atoms with Crippen molar-refractivity contribution in [3.63, 3.8) is 0 Å². The van der Waals surface area contributed by atoms with Crippen molar-refractivity contribution in [2.75, 3.05) is 0 Å². The van der Waals surface area contributed by atoms with Crippen LogP contribution in [0.4, 0.5) is 0 Å². The van der Waals surface area contributed by atoms with Crippen molar-refractivity contribution in [1.82, 2.24) is 0 Å². The Morgan fingerprint density at radius 1 is 1.18 bits per heavy atom. The van der Waals surface area contributed by atoms with Crippen LogP contribution in [0.25, 0.3) is 0 Å². The topological polar surface area (TPSA) is 9.23 Å². The second kappa shape index (κ2) is 4.65. The Kier molecular flexibility index (Phi) is 4.13. The first-order valence-corrected chi connectivity index (χ1v) is 5.72. The highest BCUT2D eigenvalue weighted by Gasteiger charge is 2.19. The van der Waals surface area contributed by atoms with Gasteiger partial charge in [0.2, 0.25) is 0 Å². The summed E-state index contributed by atoms with van der Waals surface area (Å²) < 4.78 is 6.64. The zero-order valence-electron chi connectivity index (χ0n) is 7.35. The third-order valence-electron chi connectivity index (χ3n) is 2.07. The summed E-state index contributed by atoms with van der Waals surface area (Å²) in [5.41, 5.74) is 0. The molecule has 1 saturated carbocycles. The number of ether oxygens (including phenoxy) is 1. The zero-order valence-corrected chi connectivity index (χ0v) is 9.50. The summed E-state index contributed by atoms with van der Waals surface area (Å²) in [5, 5.41) is 0. The van der Waals surface area contributed by atoms with Crippen LogP contribution in [-0.4, -0.2) is 16.1 Å². The maximum absolute atomic E-state index is 5.74. The molecule has 0 unspecified atom stereocenters. The van der Waals surface area contributed by atoms with Gasteiger partial charge in [0.15, 0.2) is 0 Å². The molecular formula is C9H17IO. The van der Waals surface area contributed by atoms with Crippen molar-refractivity contribution in [2.45, 2.75) is 55.7 Å². The Hall–Kier alpha value is 0.690. The highest BCUT2D eigenvalue weighted by molar-refractivity contribution is 14.1. The van der Waals surface area contributed by atoms with E-state index in [1.165, 1.54) is 25.7 Å². The van der Waals surface area contributed by atoms with Gasteiger partial charge in [0.25, 0.3) is 0 Å². The predicted molar refractivity (Wildman–Crippen MR) is 56.3 cm³/mol. The molecule has 1 rings (SSSR count). The summed E-state index contributed by atoms with van der Waals surface area (Å²) in [7, 11) is 0. The minimum Gasteiger partial charge on any atom is -0.376 e. The maximum Gasteiger partial charge on any atom is 0.0579 e. The van der Waals surface area contributed by atoms with Gasteiger partial charge in [-0.05, 0) is 39.5 Å². The molecule has 1 aliphatic rings. The van der Waals surface area contributed by atoms with Gasteiger partial charge < -0.3 is 4.74 Å². The molecule has 2 heteroatoms. The lowest BCUT2D eigenvalue weighted by molar-refractivity contribution is -0.0103. The van der Waals surface area contributed by atoms with Gasteiger partial charge in [-0.3, -0.25) is 0 Å². The van der Waals surface area contributed by atoms with E-state index in [4.69, 9.17) is 4.74 Å². The van der Waals surface area contributed by atoms with Crippen molar-refractivity contribution >= 4 is 22.6 Å². The molecule has 0 N–H and O–H groups in total. The third kappa shape index (κ3) is 3.74. The average Bonchev–Trinajstić information content (AvgIpc) is 1.93. The summed E-state index contributed by atoms with van der Waals surface area (Å²) in [4.78, 5) is 0. The standard InChI is InChI=1S/C9H17IO/c1-7(2)11-9-5-3-8(10)4-6-9/h7-9H,3-6H2,1-2H3. The van der Waals surface area contributed by atoms with Gasteiger partial charge in [-0.25, -0.2) is 0 Å². The van der Waals surface area contributed by atoms with Crippen LogP contribution in [0, 0.1) is 0 Å². The number of hydrogen-bond donors (Lipinski definition) is 0. The summed E-state index contributed by atoms with van der Waals surface area (Å²) in [6.07, 6.45) is 6.19. The van der Waals surface area contributed by atoms with Crippen LogP contribution in [0.5, 0.6) is 0 Å². The Bertz CT molecular complexity index is 106. The highest BCUT2D eigenvalue weighted by Crippen LogP contribution is 2.26. The lowest BCUT2D eigenvalue weighted by Crippen LogP contribution is -2.24. The van der Waals surface area contributed by atoms with Gasteiger partial charge in [-0.15, -0.1) is 0 Å². The predicted octanol–water partition coefficient (Wildman–Crippen LogP) is 3.16. The summed E-state index contributed by atoms with van der Waals surface area (Å²) >= 11 is 2.54. The van der Waals surface area contributed by atoms with Crippen LogP contribution in [0.1, 0.15) is 39.5 Å². The van der Waals surface area contributed by atoms with E-state index in [1.54, 1.807) is 0 Å². The van der Waals surface area contributed by atoms with Crippen LogP contribution >= 0.6 is 22.6 Å². The Morgan fingerprint density at radius 3 is 2.18 bits per heavy atom. The second-order valence-electron chi connectivity index (χ2n) is 3.56. The second-order valence-corrected chi connectivity index (χ2v) is 5.32. The number of halogens is 1. The molecule has 0 heterocycles. The van der Waals surface area contributed by atoms with Crippen molar-refractivity contribution in [3.05, 3.63) is 0 Å². The van der Waals surface area contributed by atoms with Gasteiger partial charge in [0, 0.05) is 3.92 Å². The van der Waals surface area contributed by atoms with Gasteiger partial charge >= 0.3 is 0 Å². The summed E-state index contributed by atoms with van der Waals surface area (Å²) in [6, 6.07) is 0. The van der Waals surface area contributed by atoms with E-state index in [0.29, 0.717) is 12.2 Å². The van der Waals surface area contributed by atoms with Crippen LogP contribution in [0.3, 0.4) is 0 Å². The van der Waals surface area contributed by atoms with Crippen LogP contribution in [0.2, 0.25) is 0 Å². The Morgan fingerprint density at radius 2 is 1.73 bits per heavy atom. The molecule has 0 atom stereocenters. The normalized spacial score (nSPS) is 32.7. The molecule has 0 radical (unpaired) electrons. The van der Waals surface area contributed by atoms with Crippen molar-refractivity contribution in [1.29, 1.82) is 0 Å². The van der Waals surface area contributed by atoms with E-state index in [-0.39, 0.29) is 0 Å². The molecule has 0 spiro atoms.